The predicted molar refractivity (Wildman–Crippen MR) is 83.4 cm³/mol. The van der Waals surface area contributed by atoms with Crippen LogP contribution in [-0.4, -0.2) is 5.78 Å². The number of allylic oxidation sites excluding steroid dienone is 1. The first-order chi connectivity index (χ1) is 10.0. The summed E-state index contributed by atoms with van der Waals surface area (Å²) in [6, 6.07) is 10.3. The topological polar surface area (TPSA) is 17.1 Å². The second kappa shape index (κ2) is 6.76. The Hall–Kier alpha value is -1.81. The van der Waals surface area contributed by atoms with Gasteiger partial charge in [0, 0.05) is 12.0 Å². The summed E-state index contributed by atoms with van der Waals surface area (Å²) in [5.41, 5.74) is 1.84. The fraction of sp³-hybridized carbons (Fsp3) is 0.118. The number of Topliss-reactive ketones (excluding diaryl/α,β-unsaturated/α-hetero) is 1. The third-order valence-corrected chi connectivity index (χ3v) is 3.84. The van der Waals surface area contributed by atoms with Crippen LogP contribution in [0.2, 0.25) is 0 Å². The Bertz CT molecular complexity index is 708. The molecule has 0 aliphatic heterocycles. The number of carbonyl (C=O) groups excluding carboxylic acids is 1. The molecule has 0 radical (unpaired) electrons. The Morgan fingerprint density at radius 1 is 1.10 bits per heavy atom. The molecule has 0 unspecified atom stereocenters. The van der Waals surface area contributed by atoms with E-state index >= 15 is 0 Å². The molecule has 0 aromatic heterocycles. The van der Waals surface area contributed by atoms with Gasteiger partial charge in [-0.15, -0.1) is 0 Å². The van der Waals surface area contributed by atoms with Crippen molar-refractivity contribution in [3.63, 3.8) is 0 Å². The van der Waals surface area contributed by atoms with Crippen LogP contribution in [0.15, 0.2) is 47.4 Å². The van der Waals surface area contributed by atoms with Gasteiger partial charge in [0.1, 0.15) is 11.6 Å². The Morgan fingerprint density at radius 2 is 1.76 bits per heavy atom. The van der Waals surface area contributed by atoms with Crippen LogP contribution in [-0.2, 0) is 6.42 Å². The Labute approximate surface area is 130 Å². The van der Waals surface area contributed by atoms with Gasteiger partial charge in [-0.2, -0.15) is 0 Å². The fourth-order valence-corrected chi connectivity index (χ4v) is 2.26. The minimum absolute atomic E-state index is 0.0315. The summed E-state index contributed by atoms with van der Waals surface area (Å²) >= 11 is 3.16. The fourth-order valence-electron chi connectivity index (χ4n) is 2.01. The van der Waals surface area contributed by atoms with E-state index in [1.54, 1.807) is 30.1 Å². The van der Waals surface area contributed by atoms with Crippen molar-refractivity contribution in [3.05, 3.63) is 75.8 Å². The lowest BCUT2D eigenvalue weighted by Crippen LogP contribution is -2.06. The van der Waals surface area contributed by atoms with Gasteiger partial charge in [-0.05, 0) is 47.3 Å². The maximum atomic E-state index is 13.7. The number of ketones is 1. The van der Waals surface area contributed by atoms with E-state index in [2.05, 4.69) is 15.9 Å². The summed E-state index contributed by atoms with van der Waals surface area (Å²) in [4.78, 5) is 13.7. The molecule has 0 aliphatic rings. The molecule has 0 bridgehead atoms. The molecule has 4 heteroatoms. The predicted octanol–water partition coefficient (Wildman–Crippen LogP) is 5.15. The maximum absolute atomic E-state index is 13.7. The highest BCUT2D eigenvalue weighted by Gasteiger charge is 2.13. The lowest BCUT2D eigenvalue weighted by molar-refractivity contribution is 0.0989. The number of benzene rings is 2. The van der Waals surface area contributed by atoms with Crippen LogP contribution in [0, 0.1) is 11.6 Å². The van der Waals surface area contributed by atoms with E-state index in [1.165, 1.54) is 24.3 Å². The van der Waals surface area contributed by atoms with Crippen molar-refractivity contribution in [1.82, 2.24) is 0 Å². The molecule has 2 aromatic carbocycles. The first-order valence-corrected chi connectivity index (χ1v) is 7.28. The van der Waals surface area contributed by atoms with Crippen LogP contribution in [0.3, 0.4) is 0 Å². The van der Waals surface area contributed by atoms with Crippen LogP contribution in [0.5, 0.6) is 0 Å². The van der Waals surface area contributed by atoms with Crippen LogP contribution in [0.4, 0.5) is 8.78 Å². The second-order valence-corrected chi connectivity index (χ2v) is 5.14. The molecule has 2 aromatic rings. The quantitative estimate of drug-likeness (QED) is 0.697. The minimum Gasteiger partial charge on any atom is -0.294 e. The number of hydrogen-bond acceptors (Lipinski definition) is 1. The number of halogens is 3. The summed E-state index contributed by atoms with van der Waals surface area (Å²) in [7, 11) is 0. The third kappa shape index (κ3) is 3.64. The molecule has 0 spiro atoms. The van der Waals surface area contributed by atoms with Crippen molar-refractivity contribution in [2.75, 3.05) is 0 Å². The lowest BCUT2D eigenvalue weighted by Gasteiger charge is -2.07. The highest BCUT2D eigenvalue weighted by molar-refractivity contribution is 9.11. The van der Waals surface area contributed by atoms with Gasteiger partial charge in [0.05, 0.1) is 5.56 Å². The molecule has 2 rings (SSSR count). The standard InChI is InChI=1S/C17H13BrF2O/c1-11(10-18)14-8-12(6-7-16(14)20)9-17(21)13-4-2-3-5-15(13)19/h2-8,10H,9H2,1H3/b11-10+. The maximum Gasteiger partial charge on any atom is 0.170 e. The van der Waals surface area contributed by atoms with Crippen LogP contribution >= 0.6 is 15.9 Å². The van der Waals surface area contributed by atoms with E-state index < -0.39 is 5.82 Å². The number of rotatable bonds is 4. The Kier molecular flexibility index (Phi) is 5.02. The van der Waals surface area contributed by atoms with Crippen molar-refractivity contribution in [3.8, 4) is 0 Å². The van der Waals surface area contributed by atoms with E-state index in [1.807, 2.05) is 0 Å². The summed E-state index contributed by atoms with van der Waals surface area (Å²) in [6.07, 6.45) is 0.0315. The van der Waals surface area contributed by atoms with Crippen LogP contribution in [0.25, 0.3) is 5.57 Å². The Balaban J connectivity index is 2.28. The van der Waals surface area contributed by atoms with Crippen molar-refractivity contribution >= 4 is 27.3 Å². The molecule has 108 valence electrons. The molecule has 0 amide bonds. The van der Waals surface area contributed by atoms with Gasteiger partial charge in [0.2, 0.25) is 0 Å². The van der Waals surface area contributed by atoms with Crippen molar-refractivity contribution < 1.29 is 13.6 Å². The van der Waals surface area contributed by atoms with Gasteiger partial charge < -0.3 is 0 Å². The summed E-state index contributed by atoms with van der Waals surface area (Å²) < 4.78 is 27.3. The number of hydrogen-bond donors (Lipinski definition) is 0. The molecule has 0 saturated heterocycles. The molecular weight excluding hydrogens is 338 g/mol. The zero-order valence-corrected chi connectivity index (χ0v) is 13.0. The molecule has 0 aliphatic carbocycles. The van der Waals surface area contributed by atoms with E-state index in [-0.39, 0.29) is 23.6 Å². The SMILES string of the molecule is C/C(=C\Br)c1cc(CC(=O)c2ccccc2F)ccc1F. The monoisotopic (exact) mass is 350 g/mol. The van der Waals surface area contributed by atoms with Crippen molar-refractivity contribution in [1.29, 1.82) is 0 Å². The molecule has 0 N–H and O–H groups in total. The van der Waals surface area contributed by atoms with Gasteiger partial charge in [-0.3, -0.25) is 4.79 Å². The molecule has 0 saturated carbocycles. The summed E-state index contributed by atoms with van der Waals surface area (Å²) in [6.45, 7) is 1.76. The molecule has 21 heavy (non-hydrogen) atoms. The largest absolute Gasteiger partial charge is 0.294 e. The average molecular weight is 351 g/mol. The smallest absolute Gasteiger partial charge is 0.170 e. The van der Waals surface area contributed by atoms with Crippen LogP contribution in [0.1, 0.15) is 28.4 Å². The molecule has 1 nitrogen and oxygen atoms in total. The molecular formula is C17H13BrF2O. The van der Waals surface area contributed by atoms with Gasteiger partial charge in [0.25, 0.3) is 0 Å². The van der Waals surface area contributed by atoms with Crippen LogP contribution < -0.4 is 0 Å². The minimum atomic E-state index is -0.540. The highest BCUT2D eigenvalue weighted by atomic mass is 79.9. The van der Waals surface area contributed by atoms with E-state index in [4.69, 9.17) is 0 Å². The zero-order chi connectivity index (χ0) is 15.4. The Morgan fingerprint density at radius 3 is 2.43 bits per heavy atom. The first kappa shape index (κ1) is 15.6. The van der Waals surface area contributed by atoms with Gasteiger partial charge in [-0.1, -0.05) is 34.1 Å². The lowest BCUT2D eigenvalue weighted by atomic mass is 9.99. The third-order valence-electron chi connectivity index (χ3n) is 3.16. The van der Waals surface area contributed by atoms with Gasteiger partial charge in [0.15, 0.2) is 5.78 Å². The number of carbonyl (C=O) groups is 1. The summed E-state index contributed by atoms with van der Waals surface area (Å²) in [5.74, 6) is -1.22. The van der Waals surface area contributed by atoms with Gasteiger partial charge >= 0.3 is 0 Å². The van der Waals surface area contributed by atoms with Crippen molar-refractivity contribution in [2.45, 2.75) is 13.3 Å². The average Bonchev–Trinajstić information content (AvgIpc) is 2.48. The molecule has 0 atom stereocenters. The van der Waals surface area contributed by atoms with E-state index in [0.717, 1.165) is 0 Å². The van der Waals surface area contributed by atoms with E-state index in [9.17, 15) is 13.6 Å². The first-order valence-electron chi connectivity index (χ1n) is 6.36. The van der Waals surface area contributed by atoms with E-state index in [0.29, 0.717) is 16.7 Å². The van der Waals surface area contributed by atoms with Gasteiger partial charge in [-0.25, -0.2) is 8.78 Å². The summed E-state index contributed by atoms with van der Waals surface area (Å²) in [5, 5.41) is 0. The van der Waals surface area contributed by atoms with Crippen molar-refractivity contribution in [2.24, 2.45) is 0 Å². The highest BCUT2D eigenvalue weighted by Crippen LogP contribution is 2.21. The molecule has 0 heterocycles. The molecule has 0 fully saturated rings. The zero-order valence-electron chi connectivity index (χ0n) is 11.4. The second-order valence-electron chi connectivity index (χ2n) is 4.69. The normalized spacial score (nSPS) is 11.5.